The second-order valence-electron chi connectivity index (χ2n) is 7.44. The maximum atomic E-state index is 12.7. The summed E-state index contributed by atoms with van der Waals surface area (Å²) in [5.74, 6) is 1.02. The van der Waals surface area contributed by atoms with Crippen LogP contribution < -0.4 is 14.8 Å². The van der Waals surface area contributed by atoms with Gasteiger partial charge in [-0.15, -0.1) is 0 Å². The molecule has 0 aliphatic rings. The predicted octanol–water partition coefficient (Wildman–Crippen LogP) is 4.58. The Hall–Kier alpha value is -4.26. The van der Waals surface area contributed by atoms with Crippen LogP contribution in [0.2, 0.25) is 0 Å². The summed E-state index contributed by atoms with van der Waals surface area (Å²) in [6, 6.07) is 19.1. The van der Waals surface area contributed by atoms with Crippen LogP contribution in [-0.4, -0.2) is 27.4 Å². The number of aromatic amines is 1. The first-order valence-electron chi connectivity index (χ1n) is 10.3. The molecule has 7 nitrogen and oxygen atoms in total. The summed E-state index contributed by atoms with van der Waals surface area (Å²) < 4.78 is 13.3. The second kappa shape index (κ2) is 8.47. The molecule has 5 rings (SSSR count). The molecule has 0 aliphatic heterocycles. The van der Waals surface area contributed by atoms with Crippen molar-refractivity contribution in [3.8, 4) is 11.5 Å². The number of ether oxygens (including phenoxy) is 2. The molecule has 0 spiro atoms. The minimum absolute atomic E-state index is 0.105. The van der Waals surface area contributed by atoms with Crippen LogP contribution in [0.3, 0.4) is 0 Å². The number of anilines is 1. The smallest absolute Gasteiger partial charge is 0.228 e. The van der Waals surface area contributed by atoms with E-state index in [2.05, 4.69) is 15.3 Å². The van der Waals surface area contributed by atoms with E-state index < -0.39 is 0 Å². The summed E-state index contributed by atoms with van der Waals surface area (Å²) in [6.45, 7) is 0.283. The molecular weight excluding hydrogens is 404 g/mol. The molecule has 2 N–H and O–H groups in total. The van der Waals surface area contributed by atoms with Gasteiger partial charge in [-0.25, -0.2) is 4.98 Å². The SMILES string of the molecule is COc1ccc(NC(=O)Cc2c[nH]c3ccccc23)cc1OCc1cn2ccccc2n1. The number of amides is 1. The van der Waals surface area contributed by atoms with Gasteiger partial charge in [0.25, 0.3) is 0 Å². The fourth-order valence-corrected chi connectivity index (χ4v) is 3.73. The molecule has 0 bridgehead atoms. The van der Waals surface area contributed by atoms with Crippen molar-refractivity contribution in [2.24, 2.45) is 0 Å². The van der Waals surface area contributed by atoms with Crippen molar-refractivity contribution in [3.05, 3.63) is 90.5 Å². The van der Waals surface area contributed by atoms with E-state index in [0.29, 0.717) is 17.2 Å². The van der Waals surface area contributed by atoms with Gasteiger partial charge in [0.2, 0.25) is 5.91 Å². The minimum Gasteiger partial charge on any atom is -0.493 e. The van der Waals surface area contributed by atoms with Crippen LogP contribution in [-0.2, 0) is 17.8 Å². The molecule has 2 aromatic carbocycles. The quantitative estimate of drug-likeness (QED) is 0.399. The number of hydrogen-bond donors (Lipinski definition) is 2. The van der Waals surface area contributed by atoms with E-state index in [1.54, 1.807) is 25.3 Å². The van der Waals surface area contributed by atoms with E-state index in [1.807, 2.05) is 65.5 Å². The lowest BCUT2D eigenvalue weighted by Crippen LogP contribution is -2.14. The van der Waals surface area contributed by atoms with Gasteiger partial charge in [0, 0.05) is 41.2 Å². The molecule has 160 valence electrons. The molecule has 3 heterocycles. The third-order valence-corrected chi connectivity index (χ3v) is 5.26. The summed E-state index contributed by atoms with van der Waals surface area (Å²) >= 11 is 0. The topological polar surface area (TPSA) is 80.6 Å². The van der Waals surface area contributed by atoms with E-state index in [0.717, 1.165) is 27.8 Å². The van der Waals surface area contributed by atoms with Gasteiger partial charge < -0.3 is 24.2 Å². The maximum absolute atomic E-state index is 12.7. The third-order valence-electron chi connectivity index (χ3n) is 5.26. The molecule has 0 aliphatic carbocycles. The highest BCUT2D eigenvalue weighted by molar-refractivity contribution is 5.96. The van der Waals surface area contributed by atoms with Crippen LogP contribution in [0.4, 0.5) is 5.69 Å². The lowest BCUT2D eigenvalue weighted by molar-refractivity contribution is -0.115. The van der Waals surface area contributed by atoms with E-state index in [9.17, 15) is 4.79 Å². The van der Waals surface area contributed by atoms with Crippen molar-refractivity contribution in [1.82, 2.24) is 14.4 Å². The predicted molar refractivity (Wildman–Crippen MR) is 123 cm³/mol. The average Bonchev–Trinajstić information content (AvgIpc) is 3.41. The number of carbonyl (C=O) groups excluding carboxylic acids is 1. The first-order valence-corrected chi connectivity index (χ1v) is 10.3. The molecule has 0 unspecified atom stereocenters. The normalized spacial score (nSPS) is 11.0. The monoisotopic (exact) mass is 426 g/mol. The van der Waals surface area contributed by atoms with Gasteiger partial charge in [0.05, 0.1) is 19.2 Å². The number of H-pyrrole nitrogens is 1. The van der Waals surface area contributed by atoms with Gasteiger partial charge in [-0.3, -0.25) is 4.79 Å². The zero-order valence-electron chi connectivity index (χ0n) is 17.5. The second-order valence-corrected chi connectivity index (χ2v) is 7.44. The molecule has 32 heavy (non-hydrogen) atoms. The number of hydrogen-bond acceptors (Lipinski definition) is 4. The maximum Gasteiger partial charge on any atom is 0.228 e. The molecule has 7 heteroatoms. The average molecular weight is 426 g/mol. The van der Waals surface area contributed by atoms with Crippen LogP contribution in [0.1, 0.15) is 11.3 Å². The highest BCUT2D eigenvalue weighted by Gasteiger charge is 2.12. The Balaban J connectivity index is 1.29. The van der Waals surface area contributed by atoms with Gasteiger partial charge in [-0.2, -0.15) is 0 Å². The Morgan fingerprint density at radius 3 is 2.84 bits per heavy atom. The minimum atomic E-state index is -0.105. The fraction of sp³-hybridized carbons (Fsp3) is 0.120. The molecular formula is C25H22N4O3. The number of aromatic nitrogens is 3. The van der Waals surface area contributed by atoms with Crippen molar-refractivity contribution in [2.75, 3.05) is 12.4 Å². The van der Waals surface area contributed by atoms with Crippen molar-refractivity contribution in [1.29, 1.82) is 0 Å². The van der Waals surface area contributed by atoms with Gasteiger partial charge in [-0.05, 0) is 35.9 Å². The summed E-state index contributed by atoms with van der Waals surface area (Å²) in [4.78, 5) is 20.4. The van der Waals surface area contributed by atoms with E-state index in [-0.39, 0.29) is 18.9 Å². The number of pyridine rings is 1. The van der Waals surface area contributed by atoms with Gasteiger partial charge in [0.1, 0.15) is 12.3 Å². The van der Waals surface area contributed by atoms with E-state index >= 15 is 0 Å². The number of rotatable bonds is 7. The number of para-hydroxylation sites is 1. The molecule has 3 aromatic heterocycles. The number of nitrogens with zero attached hydrogens (tertiary/aromatic N) is 2. The molecule has 0 radical (unpaired) electrons. The number of nitrogens with one attached hydrogen (secondary N) is 2. The fourth-order valence-electron chi connectivity index (χ4n) is 3.73. The Morgan fingerprint density at radius 2 is 1.97 bits per heavy atom. The highest BCUT2D eigenvalue weighted by atomic mass is 16.5. The van der Waals surface area contributed by atoms with Gasteiger partial charge in [0.15, 0.2) is 11.5 Å². The summed E-state index contributed by atoms with van der Waals surface area (Å²) in [6.07, 6.45) is 6.01. The van der Waals surface area contributed by atoms with Crippen LogP contribution in [0.25, 0.3) is 16.6 Å². The zero-order valence-corrected chi connectivity index (χ0v) is 17.5. The van der Waals surface area contributed by atoms with Crippen LogP contribution in [0.5, 0.6) is 11.5 Å². The van der Waals surface area contributed by atoms with Crippen molar-refractivity contribution in [2.45, 2.75) is 13.0 Å². The molecule has 0 atom stereocenters. The van der Waals surface area contributed by atoms with Gasteiger partial charge in [-0.1, -0.05) is 24.3 Å². The number of imidazole rings is 1. The van der Waals surface area contributed by atoms with Crippen LogP contribution in [0, 0.1) is 0 Å². The summed E-state index contributed by atoms with van der Waals surface area (Å²) in [5, 5.41) is 4.00. The van der Waals surface area contributed by atoms with E-state index in [4.69, 9.17) is 9.47 Å². The summed E-state index contributed by atoms with van der Waals surface area (Å²) in [7, 11) is 1.59. The largest absolute Gasteiger partial charge is 0.493 e. The van der Waals surface area contributed by atoms with Crippen LogP contribution >= 0.6 is 0 Å². The standard InChI is InChI=1S/C25H22N4O3/c1-31-22-10-9-18(28-25(30)12-17-14-26-21-7-3-2-6-20(17)21)13-23(22)32-16-19-15-29-11-5-4-8-24(29)27-19/h2-11,13-15,26H,12,16H2,1H3,(H,28,30). The van der Waals surface area contributed by atoms with Crippen molar-refractivity contribution >= 4 is 28.1 Å². The number of fused-ring (bicyclic) bond motifs is 2. The Kier molecular flexibility index (Phi) is 5.21. The lowest BCUT2D eigenvalue weighted by Gasteiger charge is -2.12. The molecule has 1 amide bonds. The van der Waals surface area contributed by atoms with Crippen LogP contribution in [0.15, 0.2) is 79.3 Å². The Morgan fingerprint density at radius 1 is 1.09 bits per heavy atom. The number of methoxy groups -OCH3 is 1. The number of benzene rings is 2. The first kappa shape index (κ1) is 19.7. The number of carbonyl (C=O) groups is 1. The molecule has 5 aromatic rings. The first-order chi connectivity index (χ1) is 15.7. The summed E-state index contributed by atoms with van der Waals surface area (Å²) in [5.41, 5.74) is 4.27. The molecule has 0 saturated heterocycles. The highest BCUT2D eigenvalue weighted by Crippen LogP contribution is 2.31. The third kappa shape index (κ3) is 4.00. The molecule has 0 fully saturated rings. The Labute approximate surface area is 184 Å². The van der Waals surface area contributed by atoms with Crippen molar-refractivity contribution in [3.63, 3.8) is 0 Å². The Bertz CT molecular complexity index is 1370. The zero-order chi connectivity index (χ0) is 21.9. The molecule has 0 saturated carbocycles. The van der Waals surface area contributed by atoms with Crippen molar-refractivity contribution < 1.29 is 14.3 Å². The lowest BCUT2D eigenvalue weighted by atomic mass is 10.1. The van der Waals surface area contributed by atoms with Gasteiger partial charge >= 0.3 is 0 Å². The van der Waals surface area contributed by atoms with E-state index in [1.165, 1.54) is 0 Å².